The van der Waals surface area contributed by atoms with E-state index in [4.69, 9.17) is 0 Å². The van der Waals surface area contributed by atoms with E-state index in [2.05, 4.69) is 0 Å². The molecule has 55 valence electrons. The number of rotatable bonds is 0. The summed E-state index contributed by atoms with van der Waals surface area (Å²) in [5.41, 5.74) is -0.630. The average molecular weight is 217 g/mol. The molecular weight excluding hydrogens is 205 g/mol. The van der Waals surface area contributed by atoms with Crippen molar-refractivity contribution in [3.8, 4) is 0 Å². The van der Waals surface area contributed by atoms with E-state index >= 15 is 0 Å². The predicted molar refractivity (Wildman–Crippen MR) is 38.1 cm³/mol. The van der Waals surface area contributed by atoms with Crippen molar-refractivity contribution >= 4 is 0 Å². The van der Waals surface area contributed by atoms with Crippen molar-refractivity contribution in [3.05, 3.63) is 24.3 Å². The van der Waals surface area contributed by atoms with Crippen LogP contribution in [0.3, 0.4) is 0 Å². The Kier molecular flexibility index (Phi) is 3.60. The van der Waals surface area contributed by atoms with Crippen LogP contribution in [0.2, 0.25) is 0 Å². The van der Waals surface area contributed by atoms with Crippen molar-refractivity contribution in [2.45, 2.75) is 19.4 Å². The van der Waals surface area contributed by atoms with E-state index in [9.17, 15) is 5.11 Å². The number of allylic oxidation sites excluding steroid dienone is 2. The normalized spacial score (nSPS) is 37.3. The smallest absolute Gasteiger partial charge is 0.0862 e. The van der Waals surface area contributed by atoms with Crippen LogP contribution in [-0.2, 0) is 22.4 Å². The van der Waals surface area contributed by atoms with Crippen molar-refractivity contribution in [2.24, 2.45) is 5.92 Å². The summed E-state index contributed by atoms with van der Waals surface area (Å²) in [5, 5.41) is 9.50. The fraction of sp³-hybridized carbons (Fsp3) is 0.500. The van der Waals surface area contributed by atoms with Crippen molar-refractivity contribution in [1.29, 1.82) is 0 Å². The molecule has 0 amide bonds. The summed E-state index contributed by atoms with van der Waals surface area (Å²) >= 11 is 0. The van der Waals surface area contributed by atoms with E-state index in [0.29, 0.717) is 0 Å². The third-order valence-electron chi connectivity index (χ3n) is 1.87. The first-order valence-corrected chi connectivity index (χ1v) is 3.21. The topological polar surface area (TPSA) is 20.2 Å². The van der Waals surface area contributed by atoms with Gasteiger partial charge in [-0.05, 0) is 6.92 Å². The van der Waals surface area contributed by atoms with Crippen molar-refractivity contribution in [3.63, 3.8) is 0 Å². The van der Waals surface area contributed by atoms with Gasteiger partial charge in [-0.1, -0.05) is 31.2 Å². The largest absolute Gasteiger partial charge is 0.385 e. The van der Waals surface area contributed by atoms with Gasteiger partial charge in [-0.3, -0.25) is 0 Å². The Balaban J connectivity index is 0.000000810. The Hall–Kier alpha value is 0.180. The predicted octanol–water partition coefficient (Wildman–Crippen LogP) is 1.50. The third kappa shape index (κ3) is 2.10. The molecule has 0 heterocycles. The summed E-state index contributed by atoms with van der Waals surface area (Å²) in [6.45, 7) is 3.82. The minimum absolute atomic E-state index is 0. The Bertz CT molecular complexity index is 159. The minimum Gasteiger partial charge on any atom is -0.385 e. The van der Waals surface area contributed by atoms with E-state index in [-0.39, 0.29) is 28.3 Å². The van der Waals surface area contributed by atoms with E-state index in [1.165, 1.54) is 0 Å². The molecule has 0 aromatic rings. The Morgan fingerprint density at radius 2 is 2.00 bits per heavy atom. The van der Waals surface area contributed by atoms with Crippen LogP contribution in [-0.4, -0.2) is 10.7 Å². The molecule has 0 aliphatic heterocycles. The molecule has 1 N–H and O–H groups in total. The standard InChI is InChI=1S/C8H12O.Nb/c1-7-5-3-4-6-8(7,2)9;/h3-7,9H,1-2H3;. The molecule has 1 aliphatic carbocycles. The van der Waals surface area contributed by atoms with Gasteiger partial charge in [0.1, 0.15) is 0 Å². The molecule has 1 aliphatic rings. The quantitative estimate of drug-likeness (QED) is 0.609. The maximum absolute atomic E-state index is 9.50. The van der Waals surface area contributed by atoms with Gasteiger partial charge in [0, 0.05) is 28.3 Å². The van der Waals surface area contributed by atoms with Crippen LogP contribution in [0.25, 0.3) is 0 Å². The second kappa shape index (κ2) is 3.54. The van der Waals surface area contributed by atoms with Gasteiger partial charge in [0.15, 0.2) is 0 Å². The van der Waals surface area contributed by atoms with Gasteiger partial charge in [0.25, 0.3) is 0 Å². The number of hydrogen-bond donors (Lipinski definition) is 1. The SMILES string of the molecule is CC1C=CC=CC1(C)O.[Nb]. The molecule has 0 aromatic carbocycles. The molecule has 0 spiro atoms. The summed E-state index contributed by atoms with van der Waals surface area (Å²) in [6.07, 6.45) is 7.65. The molecule has 2 atom stereocenters. The first kappa shape index (κ1) is 10.2. The van der Waals surface area contributed by atoms with Crippen LogP contribution in [0.4, 0.5) is 0 Å². The first-order chi connectivity index (χ1) is 4.13. The maximum Gasteiger partial charge on any atom is 0.0862 e. The van der Waals surface area contributed by atoms with Crippen molar-refractivity contribution in [1.82, 2.24) is 0 Å². The fourth-order valence-electron chi connectivity index (χ4n) is 0.828. The van der Waals surface area contributed by atoms with Crippen LogP contribution in [0, 0.1) is 5.92 Å². The fourth-order valence-corrected chi connectivity index (χ4v) is 0.828. The van der Waals surface area contributed by atoms with E-state index in [0.717, 1.165) is 0 Å². The van der Waals surface area contributed by atoms with E-state index in [1.54, 1.807) is 0 Å². The summed E-state index contributed by atoms with van der Waals surface area (Å²) < 4.78 is 0. The third-order valence-corrected chi connectivity index (χ3v) is 1.87. The molecule has 2 heteroatoms. The van der Waals surface area contributed by atoms with Gasteiger partial charge < -0.3 is 5.11 Å². The summed E-state index contributed by atoms with van der Waals surface area (Å²) in [4.78, 5) is 0. The molecule has 0 saturated carbocycles. The molecule has 1 rings (SSSR count). The summed E-state index contributed by atoms with van der Waals surface area (Å²) in [7, 11) is 0. The number of hydrogen-bond acceptors (Lipinski definition) is 1. The van der Waals surface area contributed by atoms with E-state index < -0.39 is 5.60 Å². The molecule has 0 bridgehead atoms. The molecule has 0 aromatic heterocycles. The second-order valence-electron chi connectivity index (χ2n) is 2.76. The van der Waals surface area contributed by atoms with Crippen LogP contribution in [0.5, 0.6) is 0 Å². The molecular formula is C8H12NbO. The zero-order valence-corrected chi connectivity index (χ0v) is 8.48. The van der Waals surface area contributed by atoms with Crippen molar-refractivity contribution in [2.75, 3.05) is 0 Å². The zero-order chi connectivity index (χ0) is 6.91. The summed E-state index contributed by atoms with van der Waals surface area (Å²) in [6, 6.07) is 0. The molecule has 0 fully saturated rings. The van der Waals surface area contributed by atoms with E-state index in [1.807, 2.05) is 38.2 Å². The number of aliphatic hydroxyl groups is 1. The van der Waals surface area contributed by atoms with Crippen molar-refractivity contribution < 1.29 is 27.5 Å². The first-order valence-electron chi connectivity index (χ1n) is 3.21. The molecule has 1 nitrogen and oxygen atoms in total. The van der Waals surface area contributed by atoms with Crippen LogP contribution in [0.1, 0.15) is 13.8 Å². The minimum atomic E-state index is -0.630. The Labute approximate surface area is 77.3 Å². The maximum atomic E-state index is 9.50. The van der Waals surface area contributed by atoms with Gasteiger partial charge in [-0.2, -0.15) is 0 Å². The molecule has 0 saturated heterocycles. The van der Waals surface area contributed by atoms with Gasteiger partial charge in [0.2, 0.25) is 0 Å². The average Bonchev–Trinajstić information content (AvgIpc) is 1.77. The van der Waals surface area contributed by atoms with Crippen LogP contribution >= 0.6 is 0 Å². The monoisotopic (exact) mass is 217 g/mol. The van der Waals surface area contributed by atoms with Gasteiger partial charge in [0.05, 0.1) is 5.60 Å². The van der Waals surface area contributed by atoms with Gasteiger partial charge in [-0.15, -0.1) is 0 Å². The zero-order valence-electron chi connectivity index (χ0n) is 6.28. The summed E-state index contributed by atoms with van der Waals surface area (Å²) in [5.74, 6) is 0.238. The van der Waals surface area contributed by atoms with Gasteiger partial charge >= 0.3 is 0 Å². The van der Waals surface area contributed by atoms with Gasteiger partial charge in [-0.25, -0.2) is 0 Å². The molecule has 1 radical (unpaired) electrons. The molecule has 10 heavy (non-hydrogen) atoms. The second-order valence-corrected chi connectivity index (χ2v) is 2.76. The Morgan fingerprint density at radius 1 is 1.40 bits per heavy atom. The van der Waals surface area contributed by atoms with Crippen LogP contribution < -0.4 is 0 Å². The Morgan fingerprint density at radius 3 is 2.30 bits per heavy atom. The molecule has 2 unspecified atom stereocenters. The van der Waals surface area contributed by atoms with Crippen LogP contribution in [0.15, 0.2) is 24.3 Å².